The first-order valence-corrected chi connectivity index (χ1v) is 5.56. The van der Waals surface area contributed by atoms with Crippen LogP contribution < -0.4 is 10.0 Å². The first-order chi connectivity index (χ1) is 5.74. The summed E-state index contributed by atoms with van der Waals surface area (Å²) in [5.74, 6) is 0. The summed E-state index contributed by atoms with van der Waals surface area (Å²) < 4.78 is 2.64. The van der Waals surface area contributed by atoms with Gasteiger partial charge in [-0.3, -0.25) is 4.72 Å². The van der Waals surface area contributed by atoms with Crippen molar-refractivity contribution in [1.82, 2.24) is 10.0 Å². The highest BCUT2D eigenvalue weighted by Gasteiger charge is 2.07. The van der Waals surface area contributed by atoms with E-state index in [0.29, 0.717) is 6.04 Å². The maximum absolute atomic E-state index is 11.0. The van der Waals surface area contributed by atoms with Crippen molar-refractivity contribution >= 4 is 18.0 Å². The second-order valence-electron chi connectivity index (χ2n) is 2.67. The predicted octanol–water partition coefficient (Wildman–Crippen LogP) is 2.14. The molecule has 0 aliphatic carbocycles. The normalized spacial score (nSPS) is 12.2. The molecule has 0 aromatic rings. The van der Waals surface area contributed by atoms with E-state index in [0.717, 1.165) is 19.3 Å². The third kappa shape index (κ3) is 5.29. The number of amides is 2. The summed E-state index contributed by atoms with van der Waals surface area (Å²) in [6.07, 6.45) is 4.99. The molecule has 0 aromatic heterocycles. The number of rotatable bonds is 5. The molecule has 3 nitrogen and oxygen atoms in total. The standard InChI is InChI=1S/C8H18N2OS/c1-4-6-7(5-2)9-8(11)10-12-3/h7H,4-6H2,1-3H3,(H2,9,10,11). The third-order valence-corrected chi connectivity index (χ3v) is 2.05. The van der Waals surface area contributed by atoms with Gasteiger partial charge in [0.1, 0.15) is 0 Å². The van der Waals surface area contributed by atoms with Crippen LogP contribution in [0.4, 0.5) is 4.79 Å². The number of hydrogen-bond acceptors (Lipinski definition) is 2. The van der Waals surface area contributed by atoms with E-state index in [1.165, 1.54) is 11.9 Å². The zero-order valence-corrected chi connectivity index (χ0v) is 8.83. The second-order valence-corrected chi connectivity index (χ2v) is 3.29. The van der Waals surface area contributed by atoms with Gasteiger partial charge in [-0.1, -0.05) is 32.2 Å². The molecule has 0 spiro atoms. The van der Waals surface area contributed by atoms with E-state index in [2.05, 4.69) is 23.9 Å². The molecule has 2 amide bonds. The van der Waals surface area contributed by atoms with Crippen LogP contribution in [0.25, 0.3) is 0 Å². The van der Waals surface area contributed by atoms with Gasteiger partial charge >= 0.3 is 6.03 Å². The van der Waals surface area contributed by atoms with Gasteiger partial charge < -0.3 is 5.32 Å². The Kier molecular flexibility index (Phi) is 7.05. The highest BCUT2D eigenvalue weighted by molar-refractivity contribution is 7.97. The average molecular weight is 190 g/mol. The Bertz CT molecular complexity index is 130. The van der Waals surface area contributed by atoms with Crippen molar-refractivity contribution in [2.75, 3.05) is 6.26 Å². The van der Waals surface area contributed by atoms with E-state index < -0.39 is 0 Å². The van der Waals surface area contributed by atoms with Crippen LogP contribution in [-0.4, -0.2) is 18.3 Å². The first kappa shape index (κ1) is 11.6. The van der Waals surface area contributed by atoms with Crippen LogP contribution in [0.3, 0.4) is 0 Å². The van der Waals surface area contributed by atoms with Gasteiger partial charge in [0.2, 0.25) is 0 Å². The fourth-order valence-corrected chi connectivity index (χ4v) is 1.28. The second kappa shape index (κ2) is 7.28. The molecule has 0 heterocycles. The van der Waals surface area contributed by atoms with Crippen molar-refractivity contribution in [3.63, 3.8) is 0 Å². The number of nitrogens with one attached hydrogen (secondary N) is 2. The van der Waals surface area contributed by atoms with Gasteiger partial charge in [-0.2, -0.15) is 0 Å². The molecule has 0 rings (SSSR count). The maximum Gasteiger partial charge on any atom is 0.324 e. The summed E-state index contributed by atoms with van der Waals surface area (Å²) in [4.78, 5) is 11.0. The van der Waals surface area contributed by atoms with Crippen LogP contribution in [0.5, 0.6) is 0 Å². The van der Waals surface area contributed by atoms with E-state index in [9.17, 15) is 4.79 Å². The number of urea groups is 1. The number of carbonyl (C=O) groups is 1. The Morgan fingerprint density at radius 2 is 2.17 bits per heavy atom. The Hall–Kier alpha value is -0.380. The zero-order chi connectivity index (χ0) is 9.40. The van der Waals surface area contributed by atoms with Gasteiger partial charge in [0, 0.05) is 12.3 Å². The molecule has 0 aromatic carbocycles. The van der Waals surface area contributed by atoms with Crippen LogP contribution in [-0.2, 0) is 0 Å². The van der Waals surface area contributed by atoms with E-state index in [1.54, 1.807) is 0 Å². The molecule has 2 N–H and O–H groups in total. The average Bonchev–Trinajstić information content (AvgIpc) is 2.04. The van der Waals surface area contributed by atoms with Crippen LogP contribution >= 0.6 is 11.9 Å². The maximum atomic E-state index is 11.0. The minimum Gasteiger partial charge on any atom is -0.335 e. The van der Waals surface area contributed by atoms with Crippen LogP contribution in [0.2, 0.25) is 0 Å². The quantitative estimate of drug-likeness (QED) is 0.652. The molecule has 1 atom stereocenters. The lowest BCUT2D eigenvalue weighted by Crippen LogP contribution is -2.39. The monoisotopic (exact) mass is 190 g/mol. The topological polar surface area (TPSA) is 41.1 Å². The molecule has 12 heavy (non-hydrogen) atoms. The molecule has 0 aliphatic rings. The van der Waals surface area contributed by atoms with Crippen molar-refractivity contribution in [3.8, 4) is 0 Å². The summed E-state index contributed by atoms with van der Waals surface area (Å²) in [5, 5.41) is 2.90. The summed E-state index contributed by atoms with van der Waals surface area (Å²) in [5.41, 5.74) is 0. The fraction of sp³-hybridized carbons (Fsp3) is 0.875. The molecular formula is C8H18N2OS. The molecule has 0 saturated heterocycles. The van der Waals surface area contributed by atoms with Gasteiger partial charge in [0.25, 0.3) is 0 Å². The van der Waals surface area contributed by atoms with E-state index >= 15 is 0 Å². The van der Waals surface area contributed by atoms with Gasteiger partial charge in [-0.05, 0) is 12.8 Å². The Morgan fingerprint density at radius 1 is 1.50 bits per heavy atom. The molecule has 72 valence electrons. The Balaban J connectivity index is 3.61. The van der Waals surface area contributed by atoms with E-state index in [4.69, 9.17) is 0 Å². The summed E-state index contributed by atoms with van der Waals surface area (Å²) in [6.45, 7) is 4.20. The van der Waals surface area contributed by atoms with Crippen LogP contribution in [0.15, 0.2) is 0 Å². The van der Waals surface area contributed by atoms with E-state index in [1.807, 2.05) is 6.26 Å². The van der Waals surface area contributed by atoms with Gasteiger partial charge in [-0.15, -0.1) is 0 Å². The van der Waals surface area contributed by atoms with Crippen molar-refractivity contribution in [2.45, 2.75) is 39.2 Å². The highest BCUT2D eigenvalue weighted by atomic mass is 32.2. The fourth-order valence-electron chi connectivity index (χ4n) is 1.03. The van der Waals surface area contributed by atoms with E-state index in [-0.39, 0.29) is 6.03 Å². The lowest BCUT2D eigenvalue weighted by molar-refractivity contribution is 0.241. The summed E-state index contributed by atoms with van der Waals surface area (Å²) in [6, 6.07) is 0.241. The lowest BCUT2D eigenvalue weighted by atomic mass is 10.1. The van der Waals surface area contributed by atoms with Gasteiger partial charge in [0.15, 0.2) is 0 Å². The van der Waals surface area contributed by atoms with Gasteiger partial charge in [-0.25, -0.2) is 4.79 Å². The lowest BCUT2D eigenvalue weighted by Gasteiger charge is -2.15. The molecule has 0 saturated carbocycles. The first-order valence-electron chi connectivity index (χ1n) is 4.34. The Morgan fingerprint density at radius 3 is 2.58 bits per heavy atom. The van der Waals surface area contributed by atoms with Crippen molar-refractivity contribution in [3.05, 3.63) is 0 Å². The molecule has 1 unspecified atom stereocenters. The Labute approximate surface area is 78.8 Å². The highest BCUT2D eigenvalue weighted by Crippen LogP contribution is 2.00. The number of hydrogen-bond donors (Lipinski definition) is 2. The third-order valence-electron chi connectivity index (χ3n) is 1.66. The molecular weight excluding hydrogens is 172 g/mol. The molecule has 4 heteroatoms. The van der Waals surface area contributed by atoms with Crippen molar-refractivity contribution in [1.29, 1.82) is 0 Å². The SMILES string of the molecule is CCCC(CC)NC(=O)NSC. The van der Waals surface area contributed by atoms with Crippen molar-refractivity contribution in [2.24, 2.45) is 0 Å². The summed E-state index contributed by atoms with van der Waals surface area (Å²) in [7, 11) is 0. The molecule has 0 radical (unpaired) electrons. The number of carbonyl (C=O) groups excluding carboxylic acids is 1. The zero-order valence-electron chi connectivity index (χ0n) is 8.02. The van der Waals surface area contributed by atoms with Crippen molar-refractivity contribution < 1.29 is 4.79 Å². The minimum absolute atomic E-state index is 0.0807. The van der Waals surface area contributed by atoms with Gasteiger partial charge in [0.05, 0.1) is 0 Å². The van der Waals surface area contributed by atoms with Crippen LogP contribution in [0.1, 0.15) is 33.1 Å². The molecule has 0 bridgehead atoms. The smallest absolute Gasteiger partial charge is 0.324 e. The molecule has 0 fully saturated rings. The van der Waals surface area contributed by atoms with Crippen LogP contribution in [0, 0.1) is 0 Å². The molecule has 0 aliphatic heterocycles. The predicted molar refractivity (Wildman–Crippen MR) is 54.2 cm³/mol. The summed E-state index contributed by atoms with van der Waals surface area (Å²) >= 11 is 1.32. The minimum atomic E-state index is -0.0807. The largest absolute Gasteiger partial charge is 0.335 e.